The molecule has 24 heavy (non-hydrogen) atoms. The van der Waals surface area contributed by atoms with Gasteiger partial charge in [-0.2, -0.15) is 0 Å². The second kappa shape index (κ2) is 9.55. The summed E-state index contributed by atoms with van der Waals surface area (Å²) in [4.78, 5) is 4.21. The first-order valence-corrected chi connectivity index (χ1v) is 8.04. The zero-order valence-corrected chi connectivity index (χ0v) is 14.2. The third-order valence-corrected chi connectivity index (χ3v) is 3.69. The fourth-order valence-corrected chi connectivity index (χ4v) is 2.44. The van der Waals surface area contributed by atoms with Gasteiger partial charge in [-0.15, -0.1) is 0 Å². The summed E-state index contributed by atoms with van der Waals surface area (Å²) in [6.07, 6.45) is 1.73. The second-order valence-electron chi connectivity index (χ2n) is 5.40. The van der Waals surface area contributed by atoms with Crippen molar-refractivity contribution in [1.29, 1.82) is 0 Å². The van der Waals surface area contributed by atoms with Gasteiger partial charge in [0, 0.05) is 25.7 Å². The van der Waals surface area contributed by atoms with Crippen LogP contribution < -0.4 is 15.4 Å². The summed E-state index contributed by atoms with van der Waals surface area (Å²) >= 11 is 0. The summed E-state index contributed by atoms with van der Waals surface area (Å²) < 4.78 is 18.5. The third-order valence-electron chi connectivity index (χ3n) is 3.69. The second-order valence-corrected chi connectivity index (χ2v) is 5.40. The lowest BCUT2D eigenvalue weighted by molar-refractivity contribution is 0.409. The van der Waals surface area contributed by atoms with E-state index in [1.807, 2.05) is 30.3 Å². The largest absolute Gasteiger partial charge is 0.496 e. The van der Waals surface area contributed by atoms with Gasteiger partial charge in [-0.25, -0.2) is 4.39 Å². The van der Waals surface area contributed by atoms with Crippen molar-refractivity contribution in [3.8, 4) is 5.75 Å². The Balaban J connectivity index is 1.74. The maximum Gasteiger partial charge on any atom is 0.191 e. The molecule has 0 bridgehead atoms. The summed E-state index contributed by atoms with van der Waals surface area (Å²) in [5, 5.41) is 6.53. The molecule has 0 aliphatic heterocycles. The molecule has 0 aromatic heterocycles. The molecule has 5 heteroatoms. The van der Waals surface area contributed by atoms with Crippen LogP contribution in [0.4, 0.5) is 4.39 Å². The molecule has 2 aromatic carbocycles. The molecule has 2 N–H and O–H groups in total. The maximum atomic E-state index is 13.1. The highest BCUT2D eigenvalue weighted by atomic mass is 19.1. The number of aliphatic imine (C=N–C) groups is 1. The van der Waals surface area contributed by atoms with Crippen LogP contribution >= 0.6 is 0 Å². The van der Waals surface area contributed by atoms with Gasteiger partial charge in [-0.1, -0.05) is 30.3 Å². The molecule has 0 heterocycles. The van der Waals surface area contributed by atoms with Crippen LogP contribution in [0.5, 0.6) is 5.75 Å². The topological polar surface area (TPSA) is 45.7 Å². The Hall–Kier alpha value is -2.56. The minimum atomic E-state index is -0.185. The smallest absolute Gasteiger partial charge is 0.191 e. The van der Waals surface area contributed by atoms with Gasteiger partial charge < -0.3 is 15.4 Å². The number of hydrogen-bond acceptors (Lipinski definition) is 2. The van der Waals surface area contributed by atoms with Gasteiger partial charge >= 0.3 is 0 Å². The maximum absolute atomic E-state index is 13.1. The van der Waals surface area contributed by atoms with Gasteiger partial charge in [-0.3, -0.25) is 4.99 Å². The first-order valence-electron chi connectivity index (χ1n) is 8.04. The van der Waals surface area contributed by atoms with Crippen molar-refractivity contribution in [3.63, 3.8) is 0 Å². The number of nitrogens with one attached hydrogen (secondary N) is 2. The zero-order chi connectivity index (χ0) is 17.2. The van der Waals surface area contributed by atoms with Crippen molar-refractivity contribution in [1.82, 2.24) is 10.6 Å². The Morgan fingerprint density at radius 2 is 1.96 bits per heavy atom. The first kappa shape index (κ1) is 17.8. The summed E-state index contributed by atoms with van der Waals surface area (Å²) in [6.45, 7) is 1.40. The summed E-state index contributed by atoms with van der Waals surface area (Å²) in [5.41, 5.74) is 2.08. The Labute approximate surface area is 142 Å². The number of methoxy groups -OCH3 is 1. The highest BCUT2D eigenvalue weighted by molar-refractivity contribution is 5.79. The average molecular weight is 329 g/mol. The predicted octanol–water partition coefficient (Wildman–Crippen LogP) is 3.13. The first-order chi connectivity index (χ1) is 11.7. The molecule has 0 aliphatic carbocycles. The molecule has 0 saturated heterocycles. The highest BCUT2D eigenvalue weighted by Gasteiger charge is 2.03. The molecule has 0 amide bonds. The van der Waals surface area contributed by atoms with Crippen LogP contribution in [0.1, 0.15) is 17.5 Å². The van der Waals surface area contributed by atoms with Crippen molar-refractivity contribution in [3.05, 3.63) is 65.5 Å². The van der Waals surface area contributed by atoms with E-state index >= 15 is 0 Å². The molecule has 0 saturated carbocycles. The van der Waals surface area contributed by atoms with E-state index in [0.29, 0.717) is 6.54 Å². The molecule has 0 fully saturated rings. The fraction of sp³-hybridized carbons (Fsp3) is 0.316. The standard InChI is InChI=1S/C19H24FN3O/c1-21-19(23-14-16-9-3-4-11-18(16)24-2)22-12-6-8-15-7-5-10-17(20)13-15/h3-5,7,9-11,13H,6,8,12,14H2,1-2H3,(H2,21,22,23). The number of ether oxygens (including phenoxy) is 1. The number of benzene rings is 2. The van der Waals surface area contributed by atoms with Gasteiger partial charge in [0.2, 0.25) is 0 Å². The monoisotopic (exact) mass is 329 g/mol. The molecule has 128 valence electrons. The van der Waals surface area contributed by atoms with E-state index in [1.165, 1.54) is 6.07 Å². The molecule has 0 radical (unpaired) electrons. The van der Waals surface area contributed by atoms with E-state index in [-0.39, 0.29) is 5.82 Å². The van der Waals surface area contributed by atoms with Gasteiger partial charge in [-0.05, 0) is 36.6 Å². The van der Waals surface area contributed by atoms with Crippen LogP contribution in [0.2, 0.25) is 0 Å². The summed E-state index contributed by atoms with van der Waals surface area (Å²) in [7, 11) is 3.41. The van der Waals surface area contributed by atoms with E-state index in [2.05, 4.69) is 15.6 Å². The number of para-hydroxylation sites is 1. The normalized spacial score (nSPS) is 11.2. The number of aryl methyl sites for hydroxylation is 1. The van der Waals surface area contributed by atoms with Crippen molar-refractivity contribution < 1.29 is 9.13 Å². The quantitative estimate of drug-likeness (QED) is 0.466. The molecule has 0 spiro atoms. The number of rotatable bonds is 7. The van der Waals surface area contributed by atoms with E-state index in [9.17, 15) is 4.39 Å². The molecular weight excluding hydrogens is 305 g/mol. The van der Waals surface area contributed by atoms with E-state index in [0.717, 1.165) is 42.2 Å². The van der Waals surface area contributed by atoms with Crippen LogP contribution in [0, 0.1) is 5.82 Å². The van der Waals surface area contributed by atoms with Crippen molar-refractivity contribution in [2.24, 2.45) is 4.99 Å². The van der Waals surface area contributed by atoms with Gasteiger partial charge in [0.1, 0.15) is 11.6 Å². The van der Waals surface area contributed by atoms with E-state index in [1.54, 1.807) is 26.3 Å². The van der Waals surface area contributed by atoms with Crippen LogP contribution in [0.3, 0.4) is 0 Å². The lowest BCUT2D eigenvalue weighted by atomic mass is 10.1. The van der Waals surface area contributed by atoms with E-state index in [4.69, 9.17) is 4.74 Å². The van der Waals surface area contributed by atoms with Crippen LogP contribution in [0.15, 0.2) is 53.5 Å². The molecule has 4 nitrogen and oxygen atoms in total. The Morgan fingerprint density at radius 3 is 2.71 bits per heavy atom. The SMILES string of the molecule is CN=C(NCCCc1cccc(F)c1)NCc1ccccc1OC. The predicted molar refractivity (Wildman–Crippen MR) is 95.9 cm³/mol. The lowest BCUT2D eigenvalue weighted by Crippen LogP contribution is -2.37. The number of hydrogen-bond donors (Lipinski definition) is 2. The number of halogens is 1. The molecule has 2 aromatic rings. The minimum Gasteiger partial charge on any atom is -0.496 e. The molecule has 0 unspecified atom stereocenters. The van der Waals surface area contributed by atoms with Gasteiger partial charge in [0.15, 0.2) is 5.96 Å². The fourth-order valence-electron chi connectivity index (χ4n) is 2.44. The van der Waals surface area contributed by atoms with Crippen molar-refractivity contribution in [2.45, 2.75) is 19.4 Å². The average Bonchev–Trinajstić information content (AvgIpc) is 2.61. The van der Waals surface area contributed by atoms with Crippen molar-refractivity contribution in [2.75, 3.05) is 20.7 Å². The Bertz CT molecular complexity index is 673. The van der Waals surface area contributed by atoms with E-state index < -0.39 is 0 Å². The van der Waals surface area contributed by atoms with Crippen LogP contribution in [0.25, 0.3) is 0 Å². The Kier molecular flexibility index (Phi) is 7.08. The zero-order valence-electron chi connectivity index (χ0n) is 14.2. The molecular formula is C19H24FN3O. The van der Waals surface area contributed by atoms with Crippen molar-refractivity contribution >= 4 is 5.96 Å². The lowest BCUT2D eigenvalue weighted by Gasteiger charge is -2.13. The summed E-state index contributed by atoms with van der Waals surface area (Å²) in [6, 6.07) is 14.6. The molecule has 2 rings (SSSR count). The highest BCUT2D eigenvalue weighted by Crippen LogP contribution is 2.16. The van der Waals surface area contributed by atoms with Crippen LogP contribution in [-0.2, 0) is 13.0 Å². The molecule has 0 aliphatic rings. The summed E-state index contributed by atoms with van der Waals surface area (Å²) in [5.74, 6) is 1.40. The minimum absolute atomic E-state index is 0.185. The Morgan fingerprint density at radius 1 is 1.12 bits per heavy atom. The third kappa shape index (κ3) is 5.57. The van der Waals surface area contributed by atoms with Gasteiger partial charge in [0.05, 0.1) is 7.11 Å². The van der Waals surface area contributed by atoms with Gasteiger partial charge in [0.25, 0.3) is 0 Å². The number of nitrogens with zero attached hydrogens (tertiary/aromatic N) is 1. The molecule has 0 atom stereocenters. The number of guanidine groups is 1. The van der Waals surface area contributed by atoms with Crippen LogP contribution in [-0.4, -0.2) is 26.7 Å².